The maximum absolute atomic E-state index is 11.6. The molecule has 1 aliphatic rings. The summed E-state index contributed by atoms with van der Waals surface area (Å²) in [7, 11) is 0. The summed E-state index contributed by atoms with van der Waals surface area (Å²) in [5.41, 5.74) is -0.162. The van der Waals surface area contributed by atoms with Crippen LogP contribution in [0.3, 0.4) is 0 Å². The van der Waals surface area contributed by atoms with E-state index < -0.39 is 0 Å². The van der Waals surface area contributed by atoms with Gasteiger partial charge in [-0.3, -0.25) is 0 Å². The Morgan fingerprint density at radius 1 is 1.56 bits per heavy atom. The molecule has 0 bridgehead atoms. The molecule has 0 aromatic heterocycles. The molecule has 0 aromatic rings. The molecule has 0 aromatic carbocycles. The molecule has 0 spiro atoms. The zero-order valence-electron chi connectivity index (χ0n) is 10.5. The summed E-state index contributed by atoms with van der Waals surface area (Å²) < 4.78 is 10.5. The molecule has 1 rings (SSSR count). The van der Waals surface area contributed by atoms with Gasteiger partial charge in [0.05, 0.1) is 0 Å². The summed E-state index contributed by atoms with van der Waals surface area (Å²) in [6.45, 7) is 8.19. The van der Waals surface area contributed by atoms with E-state index in [0.717, 1.165) is 25.8 Å². The van der Waals surface area contributed by atoms with Crippen molar-refractivity contribution in [3.05, 3.63) is 0 Å². The highest BCUT2D eigenvalue weighted by Crippen LogP contribution is 2.14. The highest BCUT2D eigenvalue weighted by Gasteiger charge is 2.27. The lowest BCUT2D eigenvalue weighted by atomic mass is 10.1. The third kappa shape index (κ3) is 4.49. The van der Waals surface area contributed by atoms with Crippen LogP contribution in [0.15, 0.2) is 0 Å². The van der Waals surface area contributed by atoms with Crippen molar-refractivity contribution >= 4 is 5.97 Å². The van der Waals surface area contributed by atoms with Crippen LogP contribution in [0.25, 0.3) is 0 Å². The van der Waals surface area contributed by atoms with E-state index in [2.05, 4.69) is 12.2 Å². The van der Waals surface area contributed by atoms with Crippen molar-refractivity contribution in [1.82, 2.24) is 5.32 Å². The first-order chi connectivity index (χ1) is 7.55. The highest BCUT2D eigenvalue weighted by molar-refractivity contribution is 5.74. The van der Waals surface area contributed by atoms with E-state index in [-0.39, 0.29) is 17.6 Å². The van der Waals surface area contributed by atoms with Crippen LogP contribution in [0.2, 0.25) is 0 Å². The lowest BCUT2D eigenvalue weighted by molar-refractivity contribution is -0.156. The molecular weight excluding hydrogens is 206 g/mol. The maximum atomic E-state index is 11.6. The fourth-order valence-corrected chi connectivity index (χ4v) is 1.62. The molecule has 0 radical (unpaired) electrons. The van der Waals surface area contributed by atoms with E-state index in [9.17, 15) is 4.79 Å². The van der Waals surface area contributed by atoms with Gasteiger partial charge in [0.25, 0.3) is 0 Å². The molecular formula is C12H23NO3. The Bertz CT molecular complexity index is 222. The zero-order valence-corrected chi connectivity index (χ0v) is 10.5. The Morgan fingerprint density at radius 3 is 2.88 bits per heavy atom. The molecule has 1 aliphatic heterocycles. The normalized spacial score (nSPS) is 21.1. The van der Waals surface area contributed by atoms with Gasteiger partial charge in [0.1, 0.15) is 6.61 Å². The predicted molar refractivity (Wildman–Crippen MR) is 62.3 cm³/mol. The second-order valence-electron chi connectivity index (χ2n) is 4.92. The van der Waals surface area contributed by atoms with Crippen LogP contribution in [-0.4, -0.2) is 37.4 Å². The maximum Gasteiger partial charge on any atom is 0.335 e. The van der Waals surface area contributed by atoms with Gasteiger partial charge in [-0.1, -0.05) is 6.92 Å². The third-order valence-corrected chi connectivity index (χ3v) is 2.62. The molecule has 0 saturated carbocycles. The zero-order chi connectivity index (χ0) is 12.0. The molecule has 1 unspecified atom stereocenters. The molecule has 4 heteroatoms. The SMILES string of the molecule is CCCNC(C)(C)COC(=O)C1CCCO1. The largest absolute Gasteiger partial charge is 0.462 e. The van der Waals surface area contributed by atoms with Crippen molar-refractivity contribution < 1.29 is 14.3 Å². The Morgan fingerprint density at radius 2 is 2.31 bits per heavy atom. The first-order valence-corrected chi connectivity index (χ1v) is 6.08. The first kappa shape index (κ1) is 13.5. The number of hydrogen-bond donors (Lipinski definition) is 1. The van der Waals surface area contributed by atoms with Crippen molar-refractivity contribution in [1.29, 1.82) is 0 Å². The molecule has 1 atom stereocenters. The third-order valence-electron chi connectivity index (χ3n) is 2.62. The average Bonchev–Trinajstić information content (AvgIpc) is 2.77. The quantitative estimate of drug-likeness (QED) is 0.701. The number of esters is 1. The molecule has 1 fully saturated rings. The van der Waals surface area contributed by atoms with Crippen LogP contribution in [0, 0.1) is 0 Å². The molecule has 0 amide bonds. The second kappa shape index (κ2) is 6.21. The molecule has 1 heterocycles. The Kier molecular flexibility index (Phi) is 5.22. The van der Waals surface area contributed by atoms with Gasteiger partial charge in [-0.15, -0.1) is 0 Å². The van der Waals surface area contributed by atoms with Gasteiger partial charge in [-0.2, -0.15) is 0 Å². The van der Waals surface area contributed by atoms with Crippen molar-refractivity contribution in [2.75, 3.05) is 19.8 Å². The van der Waals surface area contributed by atoms with E-state index in [1.54, 1.807) is 0 Å². The van der Waals surface area contributed by atoms with E-state index in [0.29, 0.717) is 13.2 Å². The molecule has 1 N–H and O–H groups in total. The van der Waals surface area contributed by atoms with Crippen molar-refractivity contribution in [3.8, 4) is 0 Å². The monoisotopic (exact) mass is 229 g/mol. The summed E-state index contributed by atoms with van der Waals surface area (Å²) in [5, 5.41) is 3.34. The number of rotatable bonds is 6. The minimum Gasteiger partial charge on any atom is -0.462 e. The second-order valence-corrected chi connectivity index (χ2v) is 4.92. The topological polar surface area (TPSA) is 47.6 Å². The Hall–Kier alpha value is -0.610. The Balaban J connectivity index is 2.24. The molecule has 0 aliphatic carbocycles. The number of ether oxygens (including phenoxy) is 2. The summed E-state index contributed by atoms with van der Waals surface area (Å²) >= 11 is 0. The summed E-state index contributed by atoms with van der Waals surface area (Å²) in [5.74, 6) is -0.219. The molecule has 94 valence electrons. The van der Waals surface area contributed by atoms with Crippen LogP contribution in [0.1, 0.15) is 40.0 Å². The molecule has 1 saturated heterocycles. The van der Waals surface area contributed by atoms with Crippen LogP contribution in [0.4, 0.5) is 0 Å². The Labute approximate surface area is 97.7 Å². The van der Waals surface area contributed by atoms with E-state index in [1.165, 1.54) is 0 Å². The summed E-state index contributed by atoms with van der Waals surface area (Å²) in [6.07, 6.45) is 2.49. The van der Waals surface area contributed by atoms with E-state index >= 15 is 0 Å². The lowest BCUT2D eigenvalue weighted by Crippen LogP contribution is -2.45. The van der Waals surface area contributed by atoms with Gasteiger partial charge >= 0.3 is 5.97 Å². The summed E-state index contributed by atoms with van der Waals surface area (Å²) in [6, 6.07) is 0. The standard InChI is InChI=1S/C12H23NO3/c1-4-7-13-12(2,3)9-16-11(14)10-6-5-8-15-10/h10,13H,4-9H2,1-3H3. The van der Waals surface area contributed by atoms with Gasteiger partial charge in [-0.25, -0.2) is 4.79 Å². The van der Waals surface area contributed by atoms with Gasteiger partial charge in [0.2, 0.25) is 0 Å². The molecule has 16 heavy (non-hydrogen) atoms. The smallest absolute Gasteiger partial charge is 0.335 e. The minimum absolute atomic E-state index is 0.162. The van der Waals surface area contributed by atoms with Crippen LogP contribution < -0.4 is 5.32 Å². The summed E-state index contributed by atoms with van der Waals surface area (Å²) in [4.78, 5) is 11.6. The van der Waals surface area contributed by atoms with Gasteiger partial charge in [0, 0.05) is 12.1 Å². The van der Waals surface area contributed by atoms with Crippen molar-refractivity contribution in [3.63, 3.8) is 0 Å². The van der Waals surface area contributed by atoms with Crippen LogP contribution in [-0.2, 0) is 14.3 Å². The number of hydrogen-bond acceptors (Lipinski definition) is 4. The highest BCUT2D eigenvalue weighted by atomic mass is 16.6. The molecule has 4 nitrogen and oxygen atoms in total. The fraction of sp³-hybridized carbons (Fsp3) is 0.917. The van der Waals surface area contributed by atoms with E-state index in [1.807, 2.05) is 13.8 Å². The van der Waals surface area contributed by atoms with Crippen molar-refractivity contribution in [2.45, 2.75) is 51.7 Å². The van der Waals surface area contributed by atoms with Crippen molar-refractivity contribution in [2.24, 2.45) is 0 Å². The number of carbonyl (C=O) groups excluding carboxylic acids is 1. The number of carbonyl (C=O) groups is 1. The average molecular weight is 229 g/mol. The van der Waals surface area contributed by atoms with Gasteiger partial charge in [0.15, 0.2) is 6.10 Å². The van der Waals surface area contributed by atoms with E-state index in [4.69, 9.17) is 9.47 Å². The predicted octanol–water partition coefficient (Wildman–Crippen LogP) is 1.49. The van der Waals surface area contributed by atoms with Gasteiger partial charge < -0.3 is 14.8 Å². The van der Waals surface area contributed by atoms with Gasteiger partial charge in [-0.05, 0) is 39.7 Å². The number of nitrogens with one attached hydrogen (secondary N) is 1. The lowest BCUT2D eigenvalue weighted by Gasteiger charge is -2.26. The van der Waals surface area contributed by atoms with Crippen LogP contribution in [0.5, 0.6) is 0 Å². The fourth-order valence-electron chi connectivity index (χ4n) is 1.62. The first-order valence-electron chi connectivity index (χ1n) is 6.08. The van der Waals surface area contributed by atoms with Crippen LogP contribution >= 0.6 is 0 Å². The minimum atomic E-state index is -0.332.